The van der Waals surface area contributed by atoms with Gasteiger partial charge in [0.05, 0.1) is 35.0 Å². The number of halogens is 2. The molecule has 0 radical (unpaired) electrons. The molecule has 0 aliphatic rings. The molecule has 1 N–H and O–H groups in total. The molecule has 1 atom stereocenters. The minimum Gasteiger partial charge on any atom is -0.465 e. The fraction of sp³-hybridized carbons (Fsp3) is 0.125. The highest BCUT2D eigenvalue weighted by atomic mass is 35.5. The summed E-state index contributed by atoms with van der Waals surface area (Å²) in [5.74, 6) is 0.870. The van der Waals surface area contributed by atoms with Crippen molar-refractivity contribution in [2.24, 2.45) is 0 Å². The molecule has 4 aromatic carbocycles. The van der Waals surface area contributed by atoms with Crippen molar-refractivity contribution < 1.29 is 19.2 Å². The molecule has 8 nitrogen and oxygen atoms in total. The van der Waals surface area contributed by atoms with Crippen LogP contribution < -0.4 is 4.74 Å². The smallest absolute Gasteiger partial charge is 0.344 e. The minimum absolute atomic E-state index is 0.0734. The number of nitro groups is 1. The van der Waals surface area contributed by atoms with E-state index in [1.165, 1.54) is 25.3 Å². The number of methoxy groups -OCH3 is 1. The molecule has 0 aliphatic heterocycles. The Morgan fingerprint density at radius 2 is 1.62 bits per heavy atom. The van der Waals surface area contributed by atoms with Crippen molar-refractivity contribution >= 4 is 34.9 Å². The first kappa shape index (κ1) is 28.9. The van der Waals surface area contributed by atoms with Crippen molar-refractivity contribution in [1.29, 1.82) is 0 Å². The molecule has 0 aliphatic carbocycles. The highest BCUT2D eigenvalue weighted by Crippen LogP contribution is 2.34. The summed E-state index contributed by atoms with van der Waals surface area (Å²) >= 11 is 12.4. The predicted molar refractivity (Wildman–Crippen MR) is 163 cm³/mol. The standard InChI is InChI=1S/C32H25Cl2N3O5/c1-3-25(31-35-18-29(36-31)26-14-10-22(33)16-28(26)34)21-6-4-19(5-7-21)20-8-11-23(12-9-20)42-24-13-15-27(32(38)41-2)30(17-24)37(39)40/h4-18,25H,3H2,1-2H3,(H,35,36). The van der Waals surface area contributed by atoms with Gasteiger partial charge in [-0.25, -0.2) is 9.78 Å². The van der Waals surface area contributed by atoms with E-state index in [0.717, 1.165) is 40.2 Å². The average Bonchev–Trinajstić information content (AvgIpc) is 3.47. The molecule has 42 heavy (non-hydrogen) atoms. The molecule has 0 amide bonds. The topological polar surface area (TPSA) is 107 Å². The molecule has 1 heterocycles. The van der Waals surface area contributed by atoms with Crippen LogP contribution in [-0.4, -0.2) is 28.0 Å². The van der Waals surface area contributed by atoms with E-state index in [-0.39, 0.29) is 22.9 Å². The Balaban J connectivity index is 1.30. The zero-order valence-corrected chi connectivity index (χ0v) is 24.1. The van der Waals surface area contributed by atoms with Crippen LogP contribution in [0, 0.1) is 10.1 Å². The maximum absolute atomic E-state index is 11.8. The van der Waals surface area contributed by atoms with Gasteiger partial charge < -0.3 is 14.5 Å². The Labute approximate surface area is 252 Å². The number of nitrogens with one attached hydrogen (secondary N) is 1. The monoisotopic (exact) mass is 601 g/mol. The maximum atomic E-state index is 11.8. The van der Waals surface area contributed by atoms with Gasteiger partial charge in [-0.05, 0) is 65.6 Å². The number of hydrogen-bond donors (Lipinski definition) is 1. The molecular formula is C32H25Cl2N3O5. The number of aromatic nitrogens is 2. The molecule has 10 heteroatoms. The first-order chi connectivity index (χ1) is 20.3. The van der Waals surface area contributed by atoms with E-state index in [1.54, 1.807) is 30.5 Å². The molecule has 5 rings (SSSR count). The first-order valence-corrected chi connectivity index (χ1v) is 13.8. The van der Waals surface area contributed by atoms with Crippen molar-refractivity contribution in [3.05, 3.63) is 128 Å². The second kappa shape index (κ2) is 12.5. The summed E-state index contributed by atoms with van der Waals surface area (Å²) < 4.78 is 10.4. The molecule has 1 aromatic heterocycles. The Hall–Kier alpha value is -4.66. The maximum Gasteiger partial charge on any atom is 0.344 e. The predicted octanol–water partition coefficient (Wildman–Crippen LogP) is 9.08. The largest absolute Gasteiger partial charge is 0.465 e. The van der Waals surface area contributed by atoms with Crippen molar-refractivity contribution in [1.82, 2.24) is 9.97 Å². The number of carbonyl (C=O) groups is 1. The summed E-state index contributed by atoms with van der Waals surface area (Å²) in [6.45, 7) is 2.12. The summed E-state index contributed by atoms with van der Waals surface area (Å²) in [5.41, 5.74) is 4.27. The van der Waals surface area contributed by atoms with Gasteiger partial charge in [0.1, 0.15) is 22.9 Å². The highest BCUT2D eigenvalue weighted by molar-refractivity contribution is 6.36. The van der Waals surface area contributed by atoms with Crippen LogP contribution in [0.25, 0.3) is 22.4 Å². The number of H-pyrrole nitrogens is 1. The lowest BCUT2D eigenvalue weighted by Crippen LogP contribution is -2.05. The van der Waals surface area contributed by atoms with Crippen LogP contribution in [0.2, 0.25) is 10.0 Å². The minimum atomic E-state index is -0.786. The lowest BCUT2D eigenvalue weighted by molar-refractivity contribution is -0.385. The molecule has 0 spiro atoms. The number of nitro benzene ring substituents is 1. The number of aromatic amines is 1. The van der Waals surface area contributed by atoms with Gasteiger partial charge in [0, 0.05) is 16.5 Å². The van der Waals surface area contributed by atoms with Gasteiger partial charge >= 0.3 is 5.97 Å². The number of esters is 1. The first-order valence-electron chi connectivity index (χ1n) is 13.0. The van der Waals surface area contributed by atoms with Crippen molar-refractivity contribution in [3.8, 4) is 33.9 Å². The summed E-state index contributed by atoms with van der Waals surface area (Å²) in [6.07, 6.45) is 2.64. The van der Waals surface area contributed by atoms with Crippen LogP contribution in [0.15, 0.2) is 91.1 Å². The fourth-order valence-corrected chi connectivity index (χ4v) is 5.22. The molecule has 212 valence electrons. The number of hydrogen-bond acceptors (Lipinski definition) is 6. The number of nitrogens with zero attached hydrogens (tertiary/aromatic N) is 2. The third kappa shape index (κ3) is 6.15. The van der Waals surface area contributed by atoms with Gasteiger partial charge in [-0.15, -0.1) is 0 Å². The van der Waals surface area contributed by atoms with Crippen LogP contribution >= 0.6 is 23.2 Å². The van der Waals surface area contributed by atoms with E-state index in [1.807, 2.05) is 18.2 Å². The highest BCUT2D eigenvalue weighted by Gasteiger charge is 2.22. The molecule has 0 saturated heterocycles. The van der Waals surface area contributed by atoms with Crippen molar-refractivity contribution in [3.63, 3.8) is 0 Å². The van der Waals surface area contributed by atoms with E-state index in [2.05, 4.69) is 45.9 Å². The number of carbonyl (C=O) groups excluding carboxylic acids is 1. The Kier molecular flexibility index (Phi) is 8.56. The Bertz CT molecular complexity index is 1750. The second-order valence-electron chi connectivity index (χ2n) is 9.44. The average molecular weight is 602 g/mol. The zero-order chi connectivity index (χ0) is 29.8. The zero-order valence-electron chi connectivity index (χ0n) is 22.6. The van der Waals surface area contributed by atoms with Crippen LogP contribution in [0.4, 0.5) is 5.69 Å². The van der Waals surface area contributed by atoms with Crippen LogP contribution in [0.1, 0.15) is 41.0 Å². The Morgan fingerprint density at radius 1 is 0.952 bits per heavy atom. The SMILES string of the molecule is CCC(c1ccc(-c2ccc(Oc3ccc(C(=O)OC)c([N+](=O)[O-])c3)cc2)cc1)c1ncc(-c2ccc(Cl)cc2Cl)[nH]1. The van der Waals surface area contributed by atoms with E-state index >= 15 is 0 Å². The summed E-state index contributed by atoms with van der Waals surface area (Å²) in [7, 11) is 1.17. The number of rotatable bonds is 9. The van der Waals surface area contributed by atoms with Crippen LogP contribution in [0.5, 0.6) is 11.5 Å². The number of benzene rings is 4. The number of ether oxygens (including phenoxy) is 2. The van der Waals surface area contributed by atoms with E-state index in [0.29, 0.717) is 15.8 Å². The molecule has 0 fully saturated rings. The van der Waals surface area contributed by atoms with Gasteiger partial charge in [-0.3, -0.25) is 10.1 Å². The quantitative estimate of drug-likeness (QED) is 0.102. The number of imidazole rings is 1. The summed E-state index contributed by atoms with van der Waals surface area (Å²) in [4.78, 5) is 30.7. The van der Waals surface area contributed by atoms with Gasteiger partial charge in [0.15, 0.2) is 0 Å². The molecule has 0 saturated carbocycles. The molecule has 1 unspecified atom stereocenters. The van der Waals surface area contributed by atoms with Crippen LogP contribution in [-0.2, 0) is 4.74 Å². The van der Waals surface area contributed by atoms with E-state index in [4.69, 9.17) is 27.9 Å². The second-order valence-corrected chi connectivity index (χ2v) is 10.3. The van der Waals surface area contributed by atoms with Gasteiger partial charge in [0.2, 0.25) is 0 Å². The van der Waals surface area contributed by atoms with Crippen LogP contribution in [0.3, 0.4) is 0 Å². The molecule has 0 bridgehead atoms. The Morgan fingerprint density at radius 3 is 2.24 bits per heavy atom. The normalized spacial score (nSPS) is 11.6. The fourth-order valence-electron chi connectivity index (χ4n) is 4.71. The molecule has 5 aromatic rings. The van der Waals surface area contributed by atoms with Gasteiger partial charge in [-0.1, -0.05) is 66.5 Å². The lowest BCUT2D eigenvalue weighted by atomic mass is 9.93. The van der Waals surface area contributed by atoms with E-state index < -0.39 is 10.9 Å². The van der Waals surface area contributed by atoms with Crippen molar-refractivity contribution in [2.45, 2.75) is 19.3 Å². The lowest BCUT2D eigenvalue weighted by Gasteiger charge is -2.14. The third-order valence-corrected chi connectivity index (χ3v) is 7.41. The van der Waals surface area contributed by atoms with Crippen molar-refractivity contribution in [2.75, 3.05) is 7.11 Å². The summed E-state index contributed by atoms with van der Waals surface area (Å²) in [6, 6.07) is 25.1. The third-order valence-electron chi connectivity index (χ3n) is 6.86. The van der Waals surface area contributed by atoms with E-state index in [9.17, 15) is 14.9 Å². The van der Waals surface area contributed by atoms with Gasteiger partial charge in [0.25, 0.3) is 5.69 Å². The summed E-state index contributed by atoms with van der Waals surface area (Å²) in [5, 5.41) is 12.6. The van der Waals surface area contributed by atoms with Gasteiger partial charge in [-0.2, -0.15) is 0 Å². The molecular weight excluding hydrogens is 577 g/mol.